The van der Waals surface area contributed by atoms with Gasteiger partial charge < -0.3 is 24.6 Å². The molecule has 1 amide bonds. The van der Waals surface area contributed by atoms with Gasteiger partial charge in [0.1, 0.15) is 28.9 Å². The van der Waals surface area contributed by atoms with E-state index in [1.807, 2.05) is 6.07 Å². The first-order valence-corrected chi connectivity index (χ1v) is 9.42. The fourth-order valence-electron chi connectivity index (χ4n) is 2.48. The minimum absolute atomic E-state index is 0.131. The number of rotatable bonds is 9. The van der Waals surface area contributed by atoms with Gasteiger partial charge in [0.25, 0.3) is 5.91 Å². The van der Waals surface area contributed by atoms with Crippen molar-refractivity contribution in [1.82, 2.24) is 5.32 Å². The minimum Gasteiger partial charge on any atom is -0.497 e. The Morgan fingerprint density at radius 2 is 1.93 bits per heavy atom. The summed E-state index contributed by atoms with van der Waals surface area (Å²) in [6.45, 7) is -0.417. The second kappa shape index (κ2) is 10.9. The number of nitrogens with zero attached hydrogens (tertiary/aromatic N) is 1. The van der Waals surface area contributed by atoms with Gasteiger partial charge in [-0.25, -0.2) is 4.79 Å². The van der Waals surface area contributed by atoms with Gasteiger partial charge in [0.2, 0.25) is 0 Å². The number of benzene rings is 2. The van der Waals surface area contributed by atoms with Crippen molar-refractivity contribution in [3.05, 3.63) is 57.6 Å². The van der Waals surface area contributed by atoms with Crippen LogP contribution in [0, 0.1) is 11.3 Å². The smallest absolute Gasteiger partial charge is 0.341 e. The van der Waals surface area contributed by atoms with Crippen LogP contribution in [0.15, 0.2) is 46.4 Å². The zero-order valence-electron chi connectivity index (χ0n) is 16.3. The number of amides is 1. The van der Waals surface area contributed by atoms with Gasteiger partial charge in [-0.2, -0.15) is 5.26 Å². The van der Waals surface area contributed by atoms with Crippen LogP contribution in [0.25, 0.3) is 6.08 Å². The van der Waals surface area contributed by atoms with E-state index in [0.717, 1.165) is 0 Å². The molecule has 0 bridgehead atoms. The number of halogens is 1. The van der Waals surface area contributed by atoms with Crippen LogP contribution in [0.3, 0.4) is 0 Å². The van der Waals surface area contributed by atoms with Crippen molar-refractivity contribution in [3.63, 3.8) is 0 Å². The van der Waals surface area contributed by atoms with E-state index in [-0.39, 0.29) is 17.9 Å². The molecule has 0 heterocycles. The fourth-order valence-corrected chi connectivity index (χ4v) is 2.85. The van der Waals surface area contributed by atoms with Crippen LogP contribution in [0.4, 0.5) is 0 Å². The number of ether oxygens (including phenoxy) is 3. The molecule has 156 valence electrons. The molecular weight excluding hydrogens is 456 g/mol. The van der Waals surface area contributed by atoms with Crippen LogP contribution in [-0.4, -0.2) is 37.8 Å². The topological polar surface area (TPSA) is 118 Å². The van der Waals surface area contributed by atoms with Crippen LogP contribution in [0.5, 0.6) is 17.2 Å². The zero-order chi connectivity index (χ0) is 22.1. The first-order chi connectivity index (χ1) is 14.4. The van der Waals surface area contributed by atoms with Gasteiger partial charge in [0.15, 0.2) is 6.61 Å². The summed E-state index contributed by atoms with van der Waals surface area (Å²) in [5, 5.41) is 20.9. The highest BCUT2D eigenvalue weighted by atomic mass is 79.9. The third kappa shape index (κ3) is 6.25. The highest BCUT2D eigenvalue weighted by Crippen LogP contribution is 2.26. The molecule has 0 saturated heterocycles. The Labute approximate surface area is 181 Å². The maximum Gasteiger partial charge on any atom is 0.341 e. The number of carboxylic acid groups (broad SMARTS) is 1. The monoisotopic (exact) mass is 474 g/mol. The molecule has 0 saturated carbocycles. The lowest BCUT2D eigenvalue weighted by atomic mass is 10.1. The summed E-state index contributed by atoms with van der Waals surface area (Å²) in [5.74, 6) is -0.353. The largest absolute Gasteiger partial charge is 0.497 e. The number of nitrogens with one attached hydrogen (secondary N) is 1. The Bertz CT molecular complexity index is 1010. The van der Waals surface area contributed by atoms with Gasteiger partial charge in [-0.15, -0.1) is 0 Å². The van der Waals surface area contributed by atoms with Crippen molar-refractivity contribution in [1.29, 1.82) is 5.26 Å². The molecule has 2 N–H and O–H groups in total. The van der Waals surface area contributed by atoms with Crippen LogP contribution < -0.4 is 19.5 Å². The van der Waals surface area contributed by atoms with Crippen LogP contribution in [0.2, 0.25) is 0 Å². The van der Waals surface area contributed by atoms with Crippen molar-refractivity contribution in [2.75, 3.05) is 20.8 Å². The van der Waals surface area contributed by atoms with Gasteiger partial charge in [0.05, 0.1) is 14.2 Å². The summed E-state index contributed by atoms with van der Waals surface area (Å²) in [6, 6.07) is 11.9. The van der Waals surface area contributed by atoms with Crippen molar-refractivity contribution < 1.29 is 28.9 Å². The van der Waals surface area contributed by atoms with Crippen molar-refractivity contribution in [2.24, 2.45) is 0 Å². The Balaban J connectivity index is 2.21. The lowest BCUT2D eigenvalue weighted by Crippen LogP contribution is -2.24. The second-order valence-corrected chi connectivity index (χ2v) is 6.81. The van der Waals surface area contributed by atoms with Crippen molar-refractivity contribution in [3.8, 4) is 23.3 Å². The zero-order valence-corrected chi connectivity index (χ0v) is 17.9. The Morgan fingerprint density at radius 1 is 1.17 bits per heavy atom. The molecule has 9 heteroatoms. The first-order valence-electron chi connectivity index (χ1n) is 8.63. The average molecular weight is 475 g/mol. The number of hydrogen-bond donors (Lipinski definition) is 2. The van der Waals surface area contributed by atoms with E-state index in [9.17, 15) is 14.9 Å². The molecule has 8 nitrogen and oxygen atoms in total. The standard InChI is InChI=1S/C21H19BrN2O6/c1-28-17-5-3-13(19(9-17)29-2)11-24-21(27)15(10-23)7-14-8-16(22)4-6-18(14)30-12-20(25)26/h3-9H,11-12H2,1-2H3,(H,24,27)(H,25,26)/b15-7+. The maximum atomic E-state index is 12.5. The minimum atomic E-state index is -1.14. The quantitative estimate of drug-likeness (QED) is 0.423. The van der Waals surface area contributed by atoms with E-state index in [1.54, 1.807) is 36.4 Å². The SMILES string of the molecule is COc1ccc(CNC(=O)/C(C#N)=C/c2cc(Br)ccc2OCC(=O)O)c(OC)c1. The van der Waals surface area contributed by atoms with E-state index in [0.29, 0.717) is 27.1 Å². The number of carbonyl (C=O) groups is 2. The number of hydrogen-bond acceptors (Lipinski definition) is 6. The van der Waals surface area contributed by atoms with E-state index >= 15 is 0 Å². The van der Waals surface area contributed by atoms with E-state index in [2.05, 4.69) is 21.2 Å². The lowest BCUT2D eigenvalue weighted by Gasteiger charge is -2.11. The highest BCUT2D eigenvalue weighted by molar-refractivity contribution is 9.10. The molecule has 0 atom stereocenters. The molecule has 2 rings (SSSR count). The van der Waals surface area contributed by atoms with Crippen LogP contribution in [-0.2, 0) is 16.1 Å². The molecule has 30 heavy (non-hydrogen) atoms. The van der Waals surface area contributed by atoms with Crippen molar-refractivity contribution in [2.45, 2.75) is 6.54 Å². The predicted molar refractivity (Wildman–Crippen MR) is 112 cm³/mol. The lowest BCUT2D eigenvalue weighted by molar-refractivity contribution is -0.139. The molecule has 0 aliphatic carbocycles. The molecule has 0 fully saturated rings. The highest BCUT2D eigenvalue weighted by Gasteiger charge is 2.13. The maximum absolute atomic E-state index is 12.5. The average Bonchev–Trinajstić information content (AvgIpc) is 2.74. The summed E-state index contributed by atoms with van der Waals surface area (Å²) < 4.78 is 16.3. The van der Waals surface area contributed by atoms with E-state index < -0.39 is 18.5 Å². The second-order valence-electron chi connectivity index (χ2n) is 5.89. The molecule has 2 aromatic carbocycles. The van der Waals surface area contributed by atoms with Gasteiger partial charge in [-0.05, 0) is 36.4 Å². The van der Waals surface area contributed by atoms with E-state index in [1.165, 1.54) is 20.3 Å². The molecule has 0 aliphatic rings. The molecule has 2 aromatic rings. The normalized spacial score (nSPS) is 10.7. The molecule has 0 aliphatic heterocycles. The number of carbonyl (C=O) groups excluding carboxylic acids is 1. The first kappa shape index (κ1) is 22.8. The van der Waals surface area contributed by atoms with Gasteiger partial charge in [-0.3, -0.25) is 4.79 Å². The Kier molecular flexibility index (Phi) is 8.26. The molecule has 0 aromatic heterocycles. The summed E-state index contributed by atoms with van der Waals surface area (Å²) in [7, 11) is 3.04. The van der Waals surface area contributed by atoms with E-state index in [4.69, 9.17) is 19.3 Å². The third-order valence-corrected chi connectivity index (χ3v) is 4.41. The molecular formula is C21H19BrN2O6. The number of nitriles is 1. The molecule has 0 unspecified atom stereocenters. The van der Waals surface area contributed by atoms with Gasteiger partial charge >= 0.3 is 5.97 Å². The van der Waals surface area contributed by atoms with Gasteiger partial charge in [0, 0.05) is 28.2 Å². The summed E-state index contributed by atoms with van der Waals surface area (Å²) in [5.41, 5.74) is 0.928. The summed E-state index contributed by atoms with van der Waals surface area (Å²) >= 11 is 3.31. The van der Waals surface area contributed by atoms with Gasteiger partial charge in [-0.1, -0.05) is 15.9 Å². The third-order valence-electron chi connectivity index (χ3n) is 3.92. The number of carboxylic acids is 1. The predicted octanol–water partition coefficient (Wildman–Crippen LogP) is 3.15. The summed E-state index contributed by atoms with van der Waals surface area (Å²) in [4.78, 5) is 23.3. The number of aliphatic carboxylic acids is 1. The molecule has 0 spiro atoms. The Morgan fingerprint density at radius 3 is 2.57 bits per heavy atom. The fraction of sp³-hybridized carbons (Fsp3) is 0.190. The molecule has 0 radical (unpaired) electrons. The number of methoxy groups -OCH3 is 2. The van der Waals surface area contributed by atoms with Crippen LogP contribution in [0.1, 0.15) is 11.1 Å². The van der Waals surface area contributed by atoms with Crippen molar-refractivity contribution >= 4 is 33.9 Å². The van der Waals surface area contributed by atoms with Crippen LogP contribution >= 0.6 is 15.9 Å². The Hall–Kier alpha value is -3.51. The summed E-state index contributed by atoms with van der Waals surface area (Å²) in [6.07, 6.45) is 1.34.